The van der Waals surface area contributed by atoms with E-state index in [1.54, 1.807) is 0 Å². The van der Waals surface area contributed by atoms with Crippen LogP contribution in [-0.2, 0) is 11.3 Å². The van der Waals surface area contributed by atoms with Crippen molar-refractivity contribution < 1.29 is 4.74 Å². The first kappa shape index (κ1) is 22.3. The van der Waals surface area contributed by atoms with Gasteiger partial charge < -0.3 is 19.9 Å². The predicted octanol–water partition coefficient (Wildman–Crippen LogP) is 3.65. The van der Waals surface area contributed by atoms with Crippen molar-refractivity contribution in [3.8, 4) is 0 Å². The molecule has 1 saturated carbocycles. The third-order valence-electron chi connectivity index (χ3n) is 4.89. The lowest BCUT2D eigenvalue weighted by atomic mass is 9.83. The molecule has 2 N–H and O–H groups in total. The van der Waals surface area contributed by atoms with Gasteiger partial charge in [-0.3, -0.25) is 4.99 Å². The Balaban J connectivity index is 0.00000312. The van der Waals surface area contributed by atoms with Gasteiger partial charge >= 0.3 is 0 Å². The molecule has 144 valence electrons. The fraction of sp³-hybridized carbons (Fsp3) is 0.737. The van der Waals surface area contributed by atoms with Crippen molar-refractivity contribution in [2.24, 2.45) is 10.4 Å². The summed E-state index contributed by atoms with van der Waals surface area (Å²) < 4.78 is 7.78. The Labute approximate surface area is 170 Å². The van der Waals surface area contributed by atoms with E-state index in [1.165, 1.54) is 25.7 Å². The number of rotatable bonds is 10. The van der Waals surface area contributed by atoms with E-state index in [2.05, 4.69) is 53.6 Å². The average Bonchev–Trinajstić information content (AvgIpc) is 3.25. The van der Waals surface area contributed by atoms with Crippen LogP contribution < -0.4 is 10.6 Å². The fourth-order valence-corrected chi connectivity index (χ4v) is 3.46. The number of halogens is 1. The van der Waals surface area contributed by atoms with Crippen molar-refractivity contribution >= 4 is 29.9 Å². The number of hydrogen-bond donors (Lipinski definition) is 2. The zero-order valence-corrected chi connectivity index (χ0v) is 18.1. The third kappa shape index (κ3) is 7.98. The second kappa shape index (κ2) is 12.6. The molecule has 1 aromatic heterocycles. The Morgan fingerprint density at radius 1 is 1.16 bits per heavy atom. The van der Waals surface area contributed by atoms with Gasteiger partial charge in [-0.05, 0) is 50.7 Å². The van der Waals surface area contributed by atoms with Crippen LogP contribution in [0.2, 0.25) is 0 Å². The minimum Gasteiger partial charge on any atom is -0.382 e. The number of hydrogen-bond acceptors (Lipinski definition) is 2. The smallest absolute Gasteiger partial charge is 0.191 e. The average molecular weight is 462 g/mol. The summed E-state index contributed by atoms with van der Waals surface area (Å²) in [5, 5.41) is 6.82. The summed E-state index contributed by atoms with van der Waals surface area (Å²) in [6.07, 6.45) is 10.5. The highest BCUT2D eigenvalue weighted by Crippen LogP contribution is 2.41. The van der Waals surface area contributed by atoms with Gasteiger partial charge in [0.25, 0.3) is 0 Å². The molecule has 0 radical (unpaired) electrons. The first-order valence-electron chi connectivity index (χ1n) is 9.49. The van der Waals surface area contributed by atoms with Gasteiger partial charge in [-0.15, -0.1) is 24.0 Å². The number of nitrogens with zero attached hydrogens (tertiary/aromatic N) is 2. The Morgan fingerprint density at radius 3 is 2.52 bits per heavy atom. The van der Waals surface area contributed by atoms with Crippen LogP contribution in [0.25, 0.3) is 0 Å². The summed E-state index contributed by atoms with van der Waals surface area (Å²) in [4.78, 5) is 4.89. The quantitative estimate of drug-likeness (QED) is 0.242. The molecule has 1 fully saturated rings. The van der Waals surface area contributed by atoms with Crippen molar-refractivity contribution in [2.75, 3.05) is 32.8 Å². The molecule has 25 heavy (non-hydrogen) atoms. The first-order chi connectivity index (χ1) is 11.8. The van der Waals surface area contributed by atoms with E-state index in [0.29, 0.717) is 5.41 Å². The summed E-state index contributed by atoms with van der Waals surface area (Å²) in [7, 11) is 0. The zero-order valence-electron chi connectivity index (χ0n) is 15.8. The predicted molar refractivity (Wildman–Crippen MR) is 116 cm³/mol. The highest BCUT2D eigenvalue weighted by Gasteiger charge is 2.33. The van der Waals surface area contributed by atoms with Crippen LogP contribution in [0, 0.1) is 5.41 Å². The molecule has 1 aliphatic rings. The first-order valence-corrected chi connectivity index (χ1v) is 9.49. The molecule has 0 amide bonds. The van der Waals surface area contributed by atoms with Crippen LogP contribution in [0.1, 0.15) is 46.0 Å². The Bertz CT molecular complexity index is 470. The molecule has 0 aliphatic heterocycles. The highest BCUT2D eigenvalue weighted by molar-refractivity contribution is 14.0. The van der Waals surface area contributed by atoms with Gasteiger partial charge in [-0.25, -0.2) is 0 Å². The molecule has 0 unspecified atom stereocenters. The fourth-order valence-electron chi connectivity index (χ4n) is 3.46. The summed E-state index contributed by atoms with van der Waals surface area (Å²) in [6, 6.07) is 4.11. The van der Waals surface area contributed by atoms with E-state index < -0.39 is 0 Å². The maximum atomic E-state index is 5.60. The van der Waals surface area contributed by atoms with Gasteiger partial charge in [-0.2, -0.15) is 0 Å². The van der Waals surface area contributed by atoms with Crippen LogP contribution in [0.4, 0.5) is 0 Å². The number of aromatic nitrogens is 1. The molecule has 0 saturated heterocycles. The van der Waals surface area contributed by atoms with Crippen LogP contribution in [-0.4, -0.2) is 43.4 Å². The second-order valence-electron chi connectivity index (χ2n) is 6.70. The molecule has 0 atom stereocenters. The number of aliphatic imine (C=N–C) groups is 1. The molecule has 1 aliphatic carbocycles. The molecule has 6 heteroatoms. The van der Waals surface area contributed by atoms with Crippen molar-refractivity contribution in [1.29, 1.82) is 0 Å². The number of guanidine groups is 1. The van der Waals surface area contributed by atoms with E-state index in [0.717, 1.165) is 51.8 Å². The molecule has 0 spiro atoms. The van der Waals surface area contributed by atoms with Crippen molar-refractivity contribution in [2.45, 2.75) is 52.5 Å². The minimum atomic E-state index is 0. The van der Waals surface area contributed by atoms with Gasteiger partial charge in [0.2, 0.25) is 0 Å². The summed E-state index contributed by atoms with van der Waals surface area (Å²) >= 11 is 0. The van der Waals surface area contributed by atoms with Gasteiger partial charge in [-0.1, -0.05) is 12.8 Å². The minimum absolute atomic E-state index is 0. The van der Waals surface area contributed by atoms with Crippen LogP contribution in [0.5, 0.6) is 0 Å². The van der Waals surface area contributed by atoms with Gasteiger partial charge in [0.15, 0.2) is 5.96 Å². The monoisotopic (exact) mass is 462 g/mol. The molecular formula is C19H35IN4O. The van der Waals surface area contributed by atoms with E-state index in [4.69, 9.17) is 9.73 Å². The molecule has 2 rings (SSSR count). The lowest BCUT2D eigenvalue weighted by Crippen LogP contribution is -2.39. The van der Waals surface area contributed by atoms with E-state index in [-0.39, 0.29) is 24.0 Å². The maximum absolute atomic E-state index is 5.60. The summed E-state index contributed by atoms with van der Waals surface area (Å²) in [5.74, 6) is 0.937. The van der Waals surface area contributed by atoms with Gasteiger partial charge in [0, 0.05) is 51.8 Å². The molecule has 5 nitrogen and oxygen atoms in total. The lowest BCUT2D eigenvalue weighted by molar-refractivity contribution is 0.107. The zero-order chi connectivity index (χ0) is 17.1. The van der Waals surface area contributed by atoms with Gasteiger partial charge in [0.1, 0.15) is 0 Å². The van der Waals surface area contributed by atoms with Crippen molar-refractivity contribution in [3.63, 3.8) is 0 Å². The van der Waals surface area contributed by atoms with E-state index in [9.17, 15) is 0 Å². The van der Waals surface area contributed by atoms with Crippen molar-refractivity contribution in [3.05, 3.63) is 24.5 Å². The maximum Gasteiger partial charge on any atom is 0.191 e. The molecular weight excluding hydrogens is 427 g/mol. The largest absolute Gasteiger partial charge is 0.382 e. The number of ether oxygens (including phenoxy) is 1. The second-order valence-corrected chi connectivity index (χ2v) is 6.70. The Kier molecular flexibility index (Phi) is 11.2. The lowest BCUT2D eigenvalue weighted by Gasteiger charge is -2.27. The molecule has 0 aromatic carbocycles. The third-order valence-corrected chi connectivity index (χ3v) is 4.89. The highest BCUT2D eigenvalue weighted by atomic mass is 127. The Hall–Kier alpha value is -0.760. The van der Waals surface area contributed by atoms with Gasteiger partial charge in [0.05, 0.1) is 0 Å². The summed E-state index contributed by atoms with van der Waals surface area (Å²) in [5.41, 5.74) is 0.345. The topological polar surface area (TPSA) is 50.6 Å². The normalized spacial score (nSPS) is 16.5. The van der Waals surface area contributed by atoms with Crippen LogP contribution >= 0.6 is 24.0 Å². The molecule has 1 aromatic rings. The van der Waals surface area contributed by atoms with E-state index >= 15 is 0 Å². The summed E-state index contributed by atoms with van der Waals surface area (Å²) in [6.45, 7) is 9.48. The van der Waals surface area contributed by atoms with Crippen LogP contribution in [0.3, 0.4) is 0 Å². The standard InChI is InChI=1S/C19H34N4O.HI/c1-3-20-18(21-12-15-23-13-7-8-14-23)22-17-19(9-5-6-10-19)11-16-24-4-2;/h7-8,13-14H,3-6,9-12,15-17H2,1-2H3,(H2,20,21,22);1H. The Morgan fingerprint density at radius 2 is 1.88 bits per heavy atom. The van der Waals surface area contributed by atoms with Crippen LogP contribution in [0.15, 0.2) is 29.5 Å². The molecule has 1 heterocycles. The number of nitrogens with one attached hydrogen (secondary N) is 2. The van der Waals surface area contributed by atoms with E-state index in [1.807, 2.05) is 0 Å². The molecule has 0 bridgehead atoms. The van der Waals surface area contributed by atoms with Crippen molar-refractivity contribution in [1.82, 2.24) is 15.2 Å². The SMILES string of the molecule is CCNC(=NCC1(CCOCC)CCCC1)NCCn1cccc1.I.